The summed E-state index contributed by atoms with van der Waals surface area (Å²) in [6.45, 7) is 5.57. The van der Waals surface area contributed by atoms with Gasteiger partial charge in [-0.15, -0.1) is 11.8 Å². The van der Waals surface area contributed by atoms with E-state index in [2.05, 4.69) is 5.32 Å². The fourth-order valence-corrected chi connectivity index (χ4v) is 4.22. The molecule has 32 heavy (non-hydrogen) atoms. The van der Waals surface area contributed by atoms with Crippen LogP contribution in [0.2, 0.25) is 0 Å². The summed E-state index contributed by atoms with van der Waals surface area (Å²) < 4.78 is 24.7. The van der Waals surface area contributed by atoms with Gasteiger partial charge in [0, 0.05) is 31.6 Å². The Labute approximate surface area is 192 Å². The van der Waals surface area contributed by atoms with Gasteiger partial charge in [0.15, 0.2) is 11.5 Å². The van der Waals surface area contributed by atoms with Crippen LogP contribution >= 0.6 is 11.8 Å². The van der Waals surface area contributed by atoms with Gasteiger partial charge in [-0.05, 0) is 50.2 Å². The van der Waals surface area contributed by atoms with Crippen LogP contribution in [-0.4, -0.2) is 53.5 Å². The topological polar surface area (TPSA) is 67.9 Å². The molecule has 2 aromatic rings. The number of anilines is 1. The lowest BCUT2D eigenvalue weighted by atomic mass is 10.1. The first-order chi connectivity index (χ1) is 15.5. The second kappa shape index (κ2) is 11.8. The standard InChI is InChI=1S/C24H29FN2O4S/c1-3-30-21-6-4-5-7-22(21)31-20-12-14-27(15-13-20)24(29)17(2)32-16-23(28)26-19-10-8-18(25)9-11-19/h4-11,17,20H,3,12-16H2,1-2H3,(H,26,28). The van der Waals surface area contributed by atoms with Crippen molar-refractivity contribution in [2.45, 2.75) is 38.0 Å². The van der Waals surface area contributed by atoms with Crippen LogP contribution in [0, 0.1) is 5.82 Å². The fourth-order valence-electron chi connectivity index (χ4n) is 3.46. The first kappa shape index (κ1) is 23.9. The van der Waals surface area contributed by atoms with E-state index in [4.69, 9.17) is 9.47 Å². The zero-order chi connectivity index (χ0) is 22.9. The summed E-state index contributed by atoms with van der Waals surface area (Å²) in [6.07, 6.45) is 1.52. The van der Waals surface area contributed by atoms with Crippen LogP contribution in [0.4, 0.5) is 10.1 Å². The summed E-state index contributed by atoms with van der Waals surface area (Å²) in [6, 6.07) is 13.2. The molecule has 172 valence electrons. The highest BCUT2D eigenvalue weighted by Crippen LogP contribution is 2.29. The molecule has 1 saturated heterocycles. The maximum Gasteiger partial charge on any atom is 0.235 e. The number of amides is 2. The van der Waals surface area contributed by atoms with E-state index in [0.717, 1.165) is 24.3 Å². The first-order valence-electron chi connectivity index (χ1n) is 10.8. The molecule has 6 nitrogen and oxygen atoms in total. The number of carbonyl (C=O) groups is 2. The lowest BCUT2D eigenvalue weighted by molar-refractivity contribution is -0.132. The van der Waals surface area contributed by atoms with Crippen LogP contribution < -0.4 is 14.8 Å². The van der Waals surface area contributed by atoms with E-state index >= 15 is 0 Å². The van der Waals surface area contributed by atoms with Gasteiger partial charge in [-0.3, -0.25) is 9.59 Å². The Morgan fingerprint density at radius 3 is 2.44 bits per heavy atom. The highest BCUT2D eigenvalue weighted by Gasteiger charge is 2.28. The second-order valence-corrected chi connectivity index (χ2v) is 8.86. The van der Waals surface area contributed by atoms with Gasteiger partial charge < -0.3 is 19.7 Å². The third kappa shape index (κ3) is 6.88. The highest BCUT2D eigenvalue weighted by molar-refractivity contribution is 8.01. The number of nitrogens with one attached hydrogen (secondary N) is 1. The van der Waals surface area contributed by atoms with E-state index in [1.165, 1.54) is 36.0 Å². The largest absolute Gasteiger partial charge is 0.490 e. The predicted octanol–water partition coefficient (Wildman–Crippen LogP) is 4.35. The number of thioether (sulfide) groups is 1. The second-order valence-electron chi connectivity index (χ2n) is 7.53. The number of benzene rings is 2. The Morgan fingerprint density at radius 1 is 1.12 bits per heavy atom. The summed E-state index contributed by atoms with van der Waals surface area (Å²) in [5.41, 5.74) is 0.531. The molecule has 2 aromatic carbocycles. The van der Waals surface area contributed by atoms with E-state index in [0.29, 0.717) is 25.4 Å². The van der Waals surface area contributed by atoms with Gasteiger partial charge in [0.2, 0.25) is 11.8 Å². The average Bonchev–Trinajstić information content (AvgIpc) is 2.80. The van der Waals surface area contributed by atoms with Gasteiger partial charge >= 0.3 is 0 Å². The summed E-state index contributed by atoms with van der Waals surface area (Å²) in [5.74, 6) is 1.06. The maximum absolute atomic E-state index is 13.0. The van der Waals surface area contributed by atoms with Crippen LogP contribution in [0.15, 0.2) is 48.5 Å². The number of piperidine rings is 1. The number of nitrogens with zero attached hydrogens (tertiary/aromatic N) is 1. The smallest absolute Gasteiger partial charge is 0.235 e. The van der Waals surface area contributed by atoms with Crippen LogP contribution in [0.3, 0.4) is 0 Å². The number of halogens is 1. The number of rotatable bonds is 9. The summed E-state index contributed by atoms with van der Waals surface area (Å²) in [5, 5.41) is 2.38. The Bertz CT molecular complexity index is 901. The van der Waals surface area contributed by atoms with E-state index in [1.807, 2.05) is 43.0 Å². The highest BCUT2D eigenvalue weighted by atomic mass is 32.2. The van der Waals surface area contributed by atoms with Crippen molar-refractivity contribution in [3.63, 3.8) is 0 Å². The maximum atomic E-state index is 13.0. The predicted molar refractivity (Wildman–Crippen MR) is 125 cm³/mol. The lowest BCUT2D eigenvalue weighted by Crippen LogP contribution is -2.44. The monoisotopic (exact) mass is 460 g/mol. The Hall–Kier alpha value is -2.74. The molecule has 1 aliphatic rings. The molecule has 1 N–H and O–H groups in total. The molecule has 1 aliphatic heterocycles. The minimum absolute atomic E-state index is 0.0257. The number of hydrogen-bond acceptors (Lipinski definition) is 5. The number of para-hydroxylation sites is 2. The SMILES string of the molecule is CCOc1ccccc1OC1CCN(C(=O)C(C)SCC(=O)Nc2ccc(F)cc2)CC1. The van der Waals surface area contributed by atoms with E-state index in [-0.39, 0.29) is 34.7 Å². The molecule has 3 rings (SSSR count). The molecule has 0 aromatic heterocycles. The van der Waals surface area contributed by atoms with Crippen molar-refractivity contribution in [2.75, 3.05) is 30.8 Å². The third-order valence-corrected chi connectivity index (χ3v) is 6.27. The fraction of sp³-hybridized carbons (Fsp3) is 0.417. The quantitative estimate of drug-likeness (QED) is 0.603. The van der Waals surface area contributed by atoms with Gasteiger partial charge in [0.05, 0.1) is 17.6 Å². The summed E-state index contributed by atoms with van der Waals surface area (Å²) in [4.78, 5) is 26.7. The van der Waals surface area contributed by atoms with Crippen LogP contribution in [0.5, 0.6) is 11.5 Å². The van der Waals surface area contributed by atoms with Crippen molar-refractivity contribution in [3.05, 3.63) is 54.3 Å². The number of likely N-dealkylation sites (tertiary alicyclic amines) is 1. The first-order valence-corrected chi connectivity index (χ1v) is 11.9. The van der Waals surface area contributed by atoms with Crippen molar-refractivity contribution < 1.29 is 23.5 Å². The molecule has 0 bridgehead atoms. The molecule has 2 amide bonds. The molecule has 0 aliphatic carbocycles. The van der Waals surface area contributed by atoms with Gasteiger partial charge in [-0.2, -0.15) is 0 Å². The third-order valence-electron chi connectivity index (χ3n) is 5.14. The van der Waals surface area contributed by atoms with E-state index < -0.39 is 0 Å². The molecule has 0 spiro atoms. The van der Waals surface area contributed by atoms with Crippen molar-refractivity contribution in [3.8, 4) is 11.5 Å². The molecule has 1 heterocycles. The lowest BCUT2D eigenvalue weighted by Gasteiger charge is -2.33. The van der Waals surface area contributed by atoms with Gasteiger partial charge in [-0.25, -0.2) is 4.39 Å². The normalized spacial score (nSPS) is 15.2. The Balaban J connectivity index is 1.41. The van der Waals surface area contributed by atoms with Crippen molar-refractivity contribution in [2.24, 2.45) is 0 Å². The van der Waals surface area contributed by atoms with Crippen LogP contribution in [-0.2, 0) is 9.59 Å². The van der Waals surface area contributed by atoms with E-state index in [1.54, 1.807) is 0 Å². The minimum atomic E-state index is -0.357. The van der Waals surface area contributed by atoms with Crippen molar-refractivity contribution in [1.82, 2.24) is 4.90 Å². The molecule has 0 radical (unpaired) electrons. The molecule has 8 heteroatoms. The number of carbonyl (C=O) groups excluding carboxylic acids is 2. The average molecular weight is 461 g/mol. The van der Waals surface area contributed by atoms with Crippen LogP contribution in [0.1, 0.15) is 26.7 Å². The Kier molecular flexibility index (Phi) is 8.79. The molecular formula is C24H29FN2O4S. The van der Waals surface area contributed by atoms with Gasteiger partial charge in [0.25, 0.3) is 0 Å². The Morgan fingerprint density at radius 2 is 1.78 bits per heavy atom. The zero-order valence-corrected chi connectivity index (χ0v) is 19.2. The van der Waals surface area contributed by atoms with Crippen molar-refractivity contribution in [1.29, 1.82) is 0 Å². The van der Waals surface area contributed by atoms with Gasteiger partial charge in [0.1, 0.15) is 11.9 Å². The number of ether oxygens (including phenoxy) is 2. The minimum Gasteiger partial charge on any atom is -0.490 e. The molecule has 0 saturated carbocycles. The zero-order valence-electron chi connectivity index (χ0n) is 18.4. The van der Waals surface area contributed by atoms with Crippen LogP contribution in [0.25, 0.3) is 0 Å². The summed E-state index contributed by atoms with van der Waals surface area (Å²) >= 11 is 1.29. The molecule has 1 atom stereocenters. The van der Waals surface area contributed by atoms with Gasteiger partial charge in [-0.1, -0.05) is 12.1 Å². The molecule has 1 fully saturated rings. The number of hydrogen-bond donors (Lipinski definition) is 1. The summed E-state index contributed by atoms with van der Waals surface area (Å²) in [7, 11) is 0. The van der Waals surface area contributed by atoms with E-state index in [9.17, 15) is 14.0 Å². The van der Waals surface area contributed by atoms with Crippen molar-refractivity contribution >= 4 is 29.3 Å². The molecular weight excluding hydrogens is 431 g/mol. The molecule has 1 unspecified atom stereocenters.